The van der Waals surface area contributed by atoms with Crippen LogP contribution in [0.15, 0.2) is 24.3 Å². The maximum atomic E-state index is 5.47. The second-order valence-corrected chi connectivity index (χ2v) is 5.58. The molecule has 20 heavy (non-hydrogen) atoms. The van der Waals surface area contributed by atoms with Crippen LogP contribution in [0, 0.1) is 0 Å². The Morgan fingerprint density at radius 1 is 1.20 bits per heavy atom. The summed E-state index contributed by atoms with van der Waals surface area (Å²) in [6, 6.07) is 8.83. The van der Waals surface area contributed by atoms with Crippen LogP contribution in [0.3, 0.4) is 0 Å². The zero-order valence-corrected chi connectivity index (χ0v) is 12.9. The molecule has 3 nitrogen and oxygen atoms in total. The number of ether oxygens (including phenoxy) is 1. The van der Waals surface area contributed by atoms with Gasteiger partial charge in [0.25, 0.3) is 0 Å². The zero-order valence-electron chi connectivity index (χ0n) is 12.9. The van der Waals surface area contributed by atoms with Gasteiger partial charge < -0.3 is 15.0 Å². The van der Waals surface area contributed by atoms with Crippen LogP contribution in [-0.2, 0) is 0 Å². The molecule has 3 heteroatoms. The van der Waals surface area contributed by atoms with E-state index >= 15 is 0 Å². The van der Waals surface area contributed by atoms with E-state index in [4.69, 9.17) is 4.74 Å². The number of hydrogen-bond donors (Lipinski definition) is 1. The summed E-state index contributed by atoms with van der Waals surface area (Å²) in [6.45, 7) is 9.89. The van der Waals surface area contributed by atoms with Crippen molar-refractivity contribution in [2.24, 2.45) is 0 Å². The average Bonchev–Trinajstić information content (AvgIpc) is 2.98. The van der Waals surface area contributed by atoms with Gasteiger partial charge in [-0.2, -0.15) is 0 Å². The standard InChI is InChI=1S/C17H28N2O/c1-3-20-17-9-7-16(8-10-17)15(2)18-11-6-14-19-12-4-5-13-19/h7-10,15,18H,3-6,11-14H2,1-2H3. The number of likely N-dealkylation sites (tertiary alicyclic amines) is 1. The lowest BCUT2D eigenvalue weighted by atomic mass is 10.1. The fraction of sp³-hybridized carbons (Fsp3) is 0.647. The fourth-order valence-corrected chi connectivity index (χ4v) is 2.76. The summed E-state index contributed by atoms with van der Waals surface area (Å²) in [5, 5.41) is 3.61. The molecule has 1 aromatic rings. The van der Waals surface area contributed by atoms with E-state index in [2.05, 4.69) is 41.4 Å². The predicted octanol–water partition coefficient (Wildman–Crippen LogP) is 3.22. The van der Waals surface area contributed by atoms with Crippen LogP contribution in [0.1, 0.15) is 44.7 Å². The number of nitrogens with zero attached hydrogens (tertiary/aromatic N) is 1. The number of benzene rings is 1. The van der Waals surface area contributed by atoms with E-state index in [1.807, 2.05) is 6.92 Å². The normalized spacial score (nSPS) is 17.3. The van der Waals surface area contributed by atoms with Gasteiger partial charge in [0.2, 0.25) is 0 Å². The van der Waals surface area contributed by atoms with Gasteiger partial charge in [-0.3, -0.25) is 0 Å². The Morgan fingerprint density at radius 3 is 2.55 bits per heavy atom. The van der Waals surface area contributed by atoms with Crippen LogP contribution in [0.5, 0.6) is 5.75 Å². The highest BCUT2D eigenvalue weighted by molar-refractivity contribution is 5.28. The van der Waals surface area contributed by atoms with E-state index in [-0.39, 0.29) is 0 Å². The molecule has 1 fully saturated rings. The van der Waals surface area contributed by atoms with E-state index in [1.165, 1.54) is 44.5 Å². The minimum atomic E-state index is 0.407. The molecule has 0 saturated carbocycles. The molecular weight excluding hydrogens is 248 g/mol. The largest absolute Gasteiger partial charge is 0.494 e. The van der Waals surface area contributed by atoms with Crippen molar-refractivity contribution in [3.63, 3.8) is 0 Å². The molecule has 0 aromatic heterocycles. The summed E-state index contributed by atoms with van der Waals surface area (Å²) >= 11 is 0. The topological polar surface area (TPSA) is 24.5 Å². The highest BCUT2D eigenvalue weighted by atomic mass is 16.5. The van der Waals surface area contributed by atoms with Crippen molar-refractivity contribution in [3.8, 4) is 5.75 Å². The molecule has 0 aliphatic carbocycles. The number of nitrogens with one attached hydrogen (secondary N) is 1. The Labute approximate surface area is 123 Å². The quantitative estimate of drug-likeness (QED) is 0.738. The van der Waals surface area contributed by atoms with Crippen molar-refractivity contribution < 1.29 is 4.74 Å². The lowest BCUT2D eigenvalue weighted by molar-refractivity contribution is 0.328. The molecular formula is C17H28N2O. The molecule has 0 bridgehead atoms. The van der Waals surface area contributed by atoms with Gasteiger partial charge in [-0.05, 0) is 77.0 Å². The van der Waals surface area contributed by atoms with Crippen LogP contribution in [0.25, 0.3) is 0 Å². The molecule has 2 rings (SSSR count). The van der Waals surface area contributed by atoms with Crippen LogP contribution in [0.2, 0.25) is 0 Å². The Hall–Kier alpha value is -1.06. The monoisotopic (exact) mass is 276 g/mol. The fourth-order valence-electron chi connectivity index (χ4n) is 2.76. The molecule has 1 aliphatic rings. The summed E-state index contributed by atoms with van der Waals surface area (Å²) in [7, 11) is 0. The van der Waals surface area contributed by atoms with E-state index in [1.54, 1.807) is 0 Å². The van der Waals surface area contributed by atoms with Crippen molar-refractivity contribution in [1.82, 2.24) is 10.2 Å². The smallest absolute Gasteiger partial charge is 0.119 e. The third kappa shape index (κ3) is 4.80. The molecule has 1 saturated heterocycles. The molecule has 1 atom stereocenters. The first-order valence-electron chi connectivity index (χ1n) is 7.98. The first-order chi connectivity index (χ1) is 9.79. The van der Waals surface area contributed by atoms with Gasteiger partial charge >= 0.3 is 0 Å². The third-order valence-electron chi connectivity index (χ3n) is 3.99. The summed E-state index contributed by atoms with van der Waals surface area (Å²) in [6.07, 6.45) is 4.01. The lowest BCUT2D eigenvalue weighted by Gasteiger charge is -2.17. The van der Waals surface area contributed by atoms with Gasteiger partial charge in [-0.25, -0.2) is 0 Å². The molecule has 0 radical (unpaired) electrons. The molecule has 1 heterocycles. The molecule has 0 spiro atoms. The average molecular weight is 276 g/mol. The van der Waals surface area contributed by atoms with E-state index in [9.17, 15) is 0 Å². The summed E-state index contributed by atoms with van der Waals surface area (Å²) in [5.41, 5.74) is 1.33. The highest BCUT2D eigenvalue weighted by Crippen LogP contribution is 2.17. The Bertz CT molecular complexity index is 371. The maximum Gasteiger partial charge on any atom is 0.119 e. The molecule has 112 valence electrons. The summed E-state index contributed by atoms with van der Waals surface area (Å²) < 4.78 is 5.47. The summed E-state index contributed by atoms with van der Waals surface area (Å²) in [5.74, 6) is 0.956. The SMILES string of the molecule is CCOc1ccc(C(C)NCCCN2CCCC2)cc1. The lowest BCUT2D eigenvalue weighted by Crippen LogP contribution is -2.26. The summed E-state index contributed by atoms with van der Waals surface area (Å²) in [4.78, 5) is 2.57. The Morgan fingerprint density at radius 2 is 1.90 bits per heavy atom. The first-order valence-corrected chi connectivity index (χ1v) is 7.98. The molecule has 1 N–H and O–H groups in total. The Balaban J connectivity index is 1.66. The van der Waals surface area contributed by atoms with Crippen molar-refractivity contribution in [3.05, 3.63) is 29.8 Å². The first kappa shape index (κ1) is 15.3. The molecule has 1 aliphatic heterocycles. The Kier molecular flexibility index (Phi) is 6.34. The van der Waals surface area contributed by atoms with Crippen molar-refractivity contribution in [2.45, 2.75) is 39.2 Å². The zero-order chi connectivity index (χ0) is 14.2. The van der Waals surface area contributed by atoms with Crippen LogP contribution < -0.4 is 10.1 Å². The van der Waals surface area contributed by atoms with Crippen LogP contribution in [-0.4, -0.2) is 37.7 Å². The van der Waals surface area contributed by atoms with Gasteiger partial charge in [0.15, 0.2) is 0 Å². The highest BCUT2D eigenvalue weighted by Gasteiger charge is 2.10. The van der Waals surface area contributed by atoms with Gasteiger partial charge in [0, 0.05) is 6.04 Å². The predicted molar refractivity (Wildman–Crippen MR) is 84.3 cm³/mol. The van der Waals surface area contributed by atoms with E-state index < -0.39 is 0 Å². The second-order valence-electron chi connectivity index (χ2n) is 5.58. The van der Waals surface area contributed by atoms with Crippen LogP contribution in [0.4, 0.5) is 0 Å². The van der Waals surface area contributed by atoms with E-state index in [0.717, 1.165) is 18.9 Å². The van der Waals surface area contributed by atoms with E-state index in [0.29, 0.717) is 6.04 Å². The van der Waals surface area contributed by atoms with Gasteiger partial charge in [0.05, 0.1) is 6.61 Å². The molecule has 1 unspecified atom stereocenters. The number of rotatable bonds is 8. The maximum absolute atomic E-state index is 5.47. The molecule has 0 amide bonds. The van der Waals surface area contributed by atoms with Gasteiger partial charge in [-0.15, -0.1) is 0 Å². The van der Waals surface area contributed by atoms with Crippen LogP contribution >= 0.6 is 0 Å². The number of hydrogen-bond acceptors (Lipinski definition) is 3. The van der Waals surface area contributed by atoms with Gasteiger partial charge in [0.1, 0.15) is 5.75 Å². The van der Waals surface area contributed by atoms with Crippen molar-refractivity contribution >= 4 is 0 Å². The minimum absolute atomic E-state index is 0.407. The molecule has 1 aromatic carbocycles. The van der Waals surface area contributed by atoms with Gasteiger partial charge in [-0.1, -0.05) is 12.1 Å². The van der Waals surface area contributed by atoms with Crippen molar-refractivity contribution in [1.29, 1.82) is 0 Å². The minimum Gasteiger partial charge on any atom is -0.494 e. The van der Waals surface area contributed by atoms with Crippen molar-refractivity contribution in [2.75, 3.05) is 32.8 Å². The second kappa shape index (κ2) is 8.28. The third-order valence-corrected chi connectivity index (χ3v) is 3.99.